The second kappa shape index (κ2) is 5.62. The van der Waals surface area contributed by atoms with Crippen molar-refractivity contribution in [3.8, 4) is 0 Å². The summed E-state index contributed by atoms with van der Waals surface area (Å²) in [5.74, 6) is -0.839. The van der Waals surface area contributed by atoms with E-state index in [2.05, 4.69) is 32.4 Å². The van der Waals surface area contributed by atoms with Crippen molar-refractivity contribution in [1.82, 2.24) is 9.55 Å². The van der Waals surface area contributed by atoms with Gasteiger partial charge in [0.15, 0.2) is 5.16 Å². The van der Waals surface area contributed by atoms with Crippen molar-refractivity contribution in [1.29, 1.82) is 0 Å². The average molecular weight is 371 g/mol. The first-order valence-corrected chi connectivity index (χ1v) is 8.38. The predicted molar refractivity (Wildman–Crippen MR) is 84.9 cm³/mol. The van der Waals surface area contributed by atoms with Gasteiger partial charge in [-0.05, 0) is 31.5 Å². The third-order valence-corrected chi connectivity index (χ3v) is 5.06. The van der Waals surface area contributed by atoms with Crippen LogP contribution in [0.15, 0.2) is 27.8 Å². The molecule has 7 heteroatoms. The molecule has 3 rings (SSSR count). The summed E-state index contributed by atoms with van der Waals surface area (Å²) in [6.45, 7) is 3.46. The van der Waals surface area contributed by atoms with E-state index in [0.717, 1.165) is 27.1 Å². The molecule has 1 atom stereocenters. The summed E-state index contributed by atoms with van der Waals surface area (Å²) >= 11 is 4.74. The maximum atomic E-state index is 10.9. The predicted octanol–water partition coefficient (Wildman–Crippen LogP) is 3.11. The number of ether oxygens (including phenoxy) is 1. The highest BCUT2D eigenvalue weighted by molar-refractivity contribution is 9.10. The minimum Gasteiger partial charge on any atom is -0.481 e. The van der Waals surface area contributed by atoms with Crippen molar-refractivity contribution < 1.29 is 14.6 Å². The van der Waals surface area contributed by atoms with E-state index in [4.69, 9.17) is 9.84 Å². The molecule has 1 aliphatic rings. The first-order valence-electron chi connectivity index (χ1n) is 6.60. The van der Waals surface area contributed by atoms with Crippen LogP contribution in [0.2, 0.25) is 0 Å². The zero-order chi connectivity index (χ0) is 15.0. The van der Waals surface area contributed by atoms with Crippen LogP contribution in [0.5, 0.6) is 0 Å². The van der Waals surface area contributed by atoms with E-state index >= 15 is 0 Å². The number of imidazole rings is 1. The van der Waals surface area contributed by atoms with E-state index in [1.54, 1.807) is 0 Å². The molecule has 1 saturated heterocycles. The van der Waals surface area contributed by atoms with E-state index in [9.17, 15) is 4.79 Å². The molecule has 1 aromatic heterocycles. The van der Waals surface area contributed by atoms with Gasteiger partial charge in [0.2, 0.25) is 0 Å². The van der Waals surface area contributed by atoms with Crippen LogP contribution in [0.25, 0.3) is 11.0 Å². The van der Waals surface area contributed by atoms with Crippen LogP contribution < -0.4 is 0 Å². The van der Waals surface area contributed by atoms with Gasteiger partial charge in [-0.2, -0.15) is 0 Å². The molecule has 1 N–H and O–H groups in total. The fourth-order valence-electron chi connectivity index (χ4n) is 2.60. The molecule has 0 radical (unpaired) electrons. The van der Waals surface area contributed by atoms with Gasteiger partial charge >= 0.3 is 5.97 Å². The van der Waals surface area contributed by atoms with Crippen molar-refractivity contribution in [2.45, 2.75) is 24.0 Å². The third-order valence-electron chi connectivity index (χ3n) is 3.65. The van der Waals surface area contributed by atoms with Crippen LogP contribution in [0.4, 0.5) is 0 Å². The maximum Gasteiger partial charge on any atom is 0.313 e. The summed E-state index contributed by atoms with van der Waals surface area (Å²) in [6, 6.07) is 5.91. The van der Waals surface area contributed by atoms with Gasteiger partial charge < -0.3 is 14.4 Å². The van der Waals surface area contributed by atoms with Crippen LogP contribution in [0.1, 0.15) is 13.3 Å². The monoisotopic (exact) mass is 370 g/mol. The van der Waals surface area contributed by atoms with Crippen molar-refractivity contribution in [3.05, 3.63) is 22.7 Å². The number of aliphatic carboxylic acids is 1. The molecule has 0 bridgehead atoms. The minimum absolute atomic E-state index is 0.00142. The quantitative estimate of drug-likeness (QED) is 0.837. The Balaban J connectivity index is 2.14. The number of carboxylic acids is 1. The molecule has 1 aromatic carbocycles. The highest BCUT2D eigenvalue weighted by Gasteiger charge is 2.35. The van der Waals surface area contributed by atoms with Gasteiger partial charge in [0.1, 0.15) is 0 Å². The van der Waals surface area contributed by atoms with Crippen molar-refractivity contribution in [3.63, 3.8) is 0 Å². The van der Waals surface area contributed by atoms with Gasteiger partial charge in [-0.25, -0.2) is 4.98 Å². The molecule has 1 fully saturated rings. The fraction of sp³-hybridized carbons (Fsp3) is 0.429. The number of nitrogens with zero attached hydrogens (tertiary/aromatic N) is 2. The number of carbonyl (C=O) groups is 1. The fourth-order valence-corrected chi connectivity index (χ4v) is 3.82. The lowest BCUT2D eigenvalue weighted by atomic mass is 10.0. The zero-order valence-electron chi connectivity index (χ0n) is 11.5. The standard InChI is InChI=1S/C14H15BrN2O3S/c1-14(4-5-20-8-14)17-11-6-9(15)2-3-10(11)16-13(17)21-7-12(18)19/h2-3,6H,4-5,7-8H2,1H3,(H,18,19). The SMILES string of the molecule is CC1(n2c(SCC(=O)O)nc3ccc(Br)cc32)CCOC1. The number of rotatable bonds is 4. The number of hydrogen-bond donors (Lipinski definition) is 1. The van der Waals surface area contributed by atoms with Gasteiger partial charge in [-0.1, -0.05) is 27.7 Å². The van der Waals surface area contributed by atoms with Crippen molar-refractivity contribution in [2.75, 3.05) is 19.0 Å². The summed E-state index contributed by atoms with van der Waals surface area (Å²) in [5.41, 5.74) is 1.69. The Morgan fingerprint density at radius 1 is 1.62 bits per heavy atom. The van der Waals surface area contributed by atoms with Gasteiger partial charge in [0.05, 0.1) is 28.9 Å². The molecule has 21 heavy (non-hydrogen) atoms. The Labute approximate surface area is 134 Å². The number of fused-ring (bicyclic) bond motifs is 1. The number of thioether (sulfide) groups is 1. The molecule has 0 saturated carbocycles. The van der Waals surface area contributed by atoms with E-state index in [-0.39, 0.29) is 11.3 Å². The van der Waals surface area contributed by atoms with Crippen LogP contribution in [-0.2, 0) is 15.1 Å². The second-order valence-electron chi connectivity index (χ2n) is 5.34. The smallest absolute Gasteiger partial charge is 0.313 e. The molecule has 2 aromatic rings. The largest absolute Gasteiger partial charge is 0.481 e. The normalized spacial score (nSPS) is 22.0. The molecule has 112 valence electrons. The molecule has 1 aliphatic heterocycles. The molecule has 5 nitrogen and oxygen atoms in total. The third kappa shape index (κ3) is 2.82. The number of aromatic nitrogens is 2. The Bertz CT molecular complexity index is 695. The van der Waals surface area contributed by atoms with Crippen LogP contribution in [0, 0.1) is 0 Å². The van der Waals surface area contributed by atoms with Crippen LogP contribution in [-0.4, -0.2) is 39.6 Å². The summed E-state index contributed by atoms with van der Waals surface area (Å²) in [7, 11) is 0. The minimum atomic E-state index is -0.840. The molecule has 0 aliphatic carbocycles. The lowest BCUT2D eigenvalue weighted by Crippen LogP contribution is -2.31. The highest BCUT2D eigenvalue weighted by atomic mass is 79.9. The Hall–Kier alpha value is -1.05. The second-order valence-corrected chi connectivity index (χ2v) is 7.20. The first kappa shape index (κ1) is 14.9. The Morgan fingerprint density at radius 3 is 3.10 bits per heavy atom. The lowest BCUT2D eigenvalue weighted by Gasteiger charge is -2.26. The summed E-state index contributed by atoms with van der Waals surface area (Å²) < 4.78 is 8.67. The first-order chi connectivity index (χ1) is 9.99. The molecular formula is C14H15BrN2O3S. The summed E-state index contributed by atoms with van der Waals surface area (Å²) in [6.07, 6.45) is 0.894. The van der Waals surface area contributed by atoms with Gasteiger partial charge in [-0.15, -0.1) is 0 Å². The average Bonchev–Trinajstić information content (AvgIpc) is 3.00. The summed E-state index contributed by atoms with van der Waals surface area (Å²) in [5, 5.41) is 9.66. The number of carboxylic acid groups (broad SMARTS) is 1. The number of hydrogen-bond acceptors (Lipinski definition) is 4. The lowest BCUT2D eigenvalue weighted by molar-refractivity contribution is -0.133. The van der Waals surface area contributed by atoms with E-state index in [1.807, 2.05) is 18.2 Å². The summed E-state index contributed by atoms with van der Waals surface area (Å²) in [4.78, 5) is 15.5. The van der Waals surface area contributed by atoms with E-state index < -0.39 is 5.97 Å². The van der Waals surface area contributed by atoms with Crippen LogP contribution in [0.3, 0.4) is 0 Å². The molecule has 1 unspecified atom stereocenters. The number of halogens is 1. The van der Waals surface area contributed by atoms with Crippen molar-refractivity contribution in [2.24, 2.45) is 0 Å². The number of benzene rings is 1. The molecular weight excluding hydrogens is 356 g/mol. The van der Waals surface area contributed by atoms with Crippen LogP contribution >= 0.6 is 27.7 Å². The van der Waals surface area contributed by atoms with E-state index in [1.165, 1.54) is 11.8 Å². The van der Waals surface area contributed by atoms with Gasteiger partial charge in [0, 0.05) is 11.1 Å². The topological polar surface area (TPSA) is 64.4 Å². The molecule has 0 spiro atoms. The maximum absolute atomic E-state index is 10.9. The molecule has 2 heterocycles. The van der Waals surface area contributed by atoms with Gasteiger partial charge in [-0.3, -0.25) is 4.79 Å². The molecule has 0 amide bonds. The van der Waals surface area contributed by atoms with Gasteiger partial charge in [0.25, 0.3) is 0 Å². The van der Waals surface area contributed by atoms with Crippen molar-refractivity contribution >= 4 is 44.7 Å². The Morgan fingerprint density at radius 2 is 2.43 bits per heavy atom. The zero-order valence-corrected chi connectivity index (χ0v) is 13.9. The Kier molecular flexibility index (Phi) is 3.98. The van der Waals surface area contributed by atoms with E-state index in [0.29, 0.717) is 13.2 Å². The highest BCUT2D eigenvalue weighted by Crippen LogP contribution is 2.36.